The van der Waals surface area contributed by atoms with Crippen LogP contribution in [0.1, 0.15) is 11.3 Å². The van der Waals surface area contributed by atoms with Gasteiger partial charge in [0.2, 0.25) is 5.91 Å². The van der Waals surface area contributed by atoms with Gasteiger partial charge < -0.3 is 19.7 Å². The van der Waals surface area contributed by atoms with E-state index in [1.807, 2.05) is 18.2 Å². The van der Waals surface area contributed by atoms with Crippen LogP contribution >= 0.6 is 0 Å². The minimum atomic E-state index is -0.107. The minimum Gasteiger partial charge on any atom is -0.507 e. The van der Waals surface area contributed by atoms with E-state index in [2.05, 4.69) is 33.6 Å². The maximum absolute atomic E-state index is 12.0. The predicted octanol–water partition coefficient (Wildman–Crippen LogP) is 2.48. The second kappa shape index (κ2) is 8.87. The van der Waals surface area contributed by atoms with Crippen LogP contribution in [-0.2, 0) is 16.1 Å². The Morgan fingerprint density at radius 3 is 3.00 bits per heavy atom. The molecule has 1 fully saturated rings. The fourth-order valence-electron chi connectivity index (χ4n) is 3.93. The quantitative estimate of drug-likeness (QED) is 0.615. The SMILES string of the molecule is C=CC(=O)N(C)C1COCCN(Cc2[nH]c3nnc(-c4ccccc4O)cc3c2C)C1. The Bertz CT molecular complexity index is 1110. The number of phenols is 1. The molecular formula is C23H27N5O3. The first-order valence-electron chi connectivity index (χ1n) is 10.3. The van der Waals surface area contributed by atoms with Crippen molar-refractivity contribution in [2.45, 2.75) is 19.5 Å². The van der Waals surface area contributed by atoms with Gasteiger partial charge >= 0.3 is 0 Å². The topological polar surface area (TPSA) is 94.6 Å². The zero-order valence-electron chi connectivity index (χ0n) is 17.8. The summed E-state index contributed by atoms with van der Waals surface area (Å²) in [4.78, 5) is 19.4. The van der Waals surface area contributed by atoms with E-state index in [0.717, 1.165) is 23.2 Å². The monoisotopic (exact) mass is 421 g/mol. The summed E-state index contributed by atoms with van der Waals surface area (Å²) in [5.41, 5.74) is 4.15. The lowest BCUT2D eigenvalue weighted by Gasteiger charge is -2.29. The van der Waals surface area contributed by atoms with Gasteiger partial charge in [-0.05, 0) is 36.8 Å². The highest BCUT2D eigenvalue weighted by Crippen LogP contribution is 2.30. The molecule has 4 rings (SSSR count). The number of phenolic OH excluding ortho intramolecular Hbond substituents is 1. The Hall–Kier alpha value is -3.23. The largest absolute Gasteiger partial charge is 0.507 e. The standard InChI is InChI=1S/C23H27N5O3/c1-4-22(30)27(3)16-12-28(9-10-31-14-16)13-20-15(2)18-11-19(25-26-23(18)24-20)17-7-5-6-8-21(17)29/h4-8,11,16,29H,1,9-10,12-14H2,2-3H3,(H,24,26). The van der Waals surface area contributed by atoms with Crippen molar-refractivity contribution in [3.05, 3.63) is 54.2 Å². The highest BCUT2D eigenvalue weighted by molar-refractivity contribution is 5.87. The van der Waals surface area contributed by atoms with Crippen molar-refractivity contribution < 1.29 is 14.6 Å². The molecule has 2 aromatic heterocycles. The Balaban J connectivity index is 1.58. The van der Waals surface area contributed by atoms with Crippen LogP contribution in [0.4, 0.5) is 0 Å². The van der Waals surface area contributed by atoms with Gasteiger partial charge in [-0.15, -0.1) is 10.2 Å². The summed E-state index contributed by atoms with van der Waals surface area (Å²) in [6.45, 7) is 8.93. The minimum absolute atomic E-state index is 0.0369. The molecule has 162 valence electrons. The van der Waals surface area contributed by atoms with Crippen LogP contribution in [0.15, 0.2) is 43.0 Å². The lowest BCUT2D eigenvalue weighted by atomic mass is 10.1. The van der Waals surface area contributed by atoms with E-state index in [9.17, 15) is 9.90 Å². The first kappa shape index (κ1) is 21.0. The third-order valence-corrected chi connectivity index (χ3v) is 5.88. The Morgan fingerprint density at radius 2 is 2.23 bits per heavy atom. The molecule has 8 nitrogen and oxygen atoms in total. The van der Waals surface area contributed by atoms with Crippen molar-refractivity contribution in [1.29, 1.82) is 0 Å². The normalized spacial score (nSPS) is 17.4. The number of H-pyrrole nitrogens is 1. The molecule has 3 heterocycles. The molecule has 0 radical (unpaired) electrons. The second-order valence-corrected chi connectivity index (χ2v) is 7.85. The number of aromatic amines is 1. The predicted molar refractivity (Wildman–Crippen MR) is 119 cm³/mol. The van der Waals surface area contributed by atoms with Gasteiger partial charge in [0.25, 0.3) is 0 Å². The molecule has 1 atom stereocenters. The van der Waals surface area contributed by atoms with E-state index in [4.69, 9.17) is 4.74 Å². The van der Waals surface area contributed by atoms with Crippen molar-refractivity contribution in [2.24, 2.45) is 0 Å². The summed E-state index contributed by atoms with van der Waals surface area (Å²) < 4.78 is 5.73. The van der Waals surface area contributed by atoms with Crippen molar-refractivity contribution >= 4 is 16.9 Å². The van der Waals surface area contributed by atoms with E-state index in [1.165, 1.54) is 6.08 Å². The first-order valence-corrected chi connectivity index (χ1v) is 10.3. The molecule has 1 unspecified atom stereocenters. The highest BCUT2D eigenvalue weighted by Gasteiger charge is 2.25. The molecule has 0 saturated carbocycles. The van der Waals surface area contributed by atoms with Gasteiger partial charge in [-0.3, -0.25) is 9.69 Å². The molecule has 0 bridgehead atoms. The number of rotatable bonds is 5. The van der Waals surface area contributed by atoms with Crippen molar-refractivity contribution in [2.75, 3.05) is 33.4 Å². The number of hydrogen-bond donors (Lipinski definition) is 2. The number of aryl methyl sites for hydroxylation is 1. The van der Waals surface area contributed by atoms with Crippen molar-refractivity contribution in [3.8, 4) is 17.0 Å². The number of para-hydroxylation sites is 1. The average molecular weight is 422 g/mol. The van der Waals surface area contributed by atoms with Gasteiger partial charge in [0, 0.05) is 43.3 Å². The lowest BCUT2D eigenvalue weighted by molar-refractivity contribution is -0.127. The third-order valence-electron chi connectivity index (χ3n) is 5.88. The first-order chi connectivity index (χ1) is 15.0. The molecule has 1 aliphatic heterocycles. The van der Waals surface area contributed by atoms with Crippen LogP contribution < -0.4 is 0 Å². The zero-order valence-corrected chi connectivity index (χ0v) is 17.8. The number of nitrogens with one attached hydrogen (secondary N) is 1. The Labute approximate surface area is 181 Å². The number of ether oxygens (including phenoxy) is 1. The summed E-state index contributed by atoms with van der Waals surface area (Å²) in [5, 5.41) is 19.8. The fraction of sp³-hybridized carbons (Fsp3) is 0.348. The third kappa shape index (κ3) is 4.30. The van der Waals surface area contributed by atoms with Crippen molar-refractivity contribution in [1.82, 2.24) is 25.0 Å². The van der Waals surface area contributed by atoms with Gasteiger partial charge in [-0.2, -0.15) is 0 Å². The molecule has 1 saturated heterocycles. The molecule has 2 N–H and O–H groups in total. The molecule has 0 spiro atoms. The van der Waals surface area contributed by atoms with Crippen molar-refractivity contribution in [3.63, 3.8) is 0 Å². The average Bonchev–Trinajstić information content (AvgIpc) is 2.93. The molecule has 1 amide bonds. The van der Waals surface area contributed by atoms with Gasteiger partial charge in [0.15, 0.2) is 5.65 Å². The number of amides is 1. The number of benzene rings is 1. The molecule has 1 aromatic carbocycles. The summed E-state index contributed by atoms with van der Waals surface area (Å²) in [5.74, 6) is 0.0718. The number of aromatic hydroxyl groups is 1. The number of hydrogen-bond acceptors (Lipinski definition) is 6. The van der Waals surface area contributed by atoms with E-state index in [1.54, 1.807) is 24.1 Å². The van der Waals surface area contributed by atoms with Gasteiger partial charge in [-0.25, -0.2) is 0 Å². The maximum atomic E-state index is 12.0. The Kier molecular flexibility index (Phi) is 6.01. The van der Waals surface area contributed by atoms with Crippen LogP contribution in [0.2, 0.25) is 0 Å². The van der Waals surface area contributed by atoms with Crippen LogP contribution in [0.5, 0.6) is 5.75 Å². The van der Waals surface area contributed by atoms with Gasteiger partial charge in [-0.1, -0.05) is 18.7 Å². The molecule has 8 heteroatoms. The number of carbonyl (C=O) groups excluding carboxylic acids is 1. The molecule has 1 aliphatic rings. The summed E-state index contributed by atoms with van der Waals surface area (Å²) in [6.07, 6.45) is 1.33. The van der Waals surface area contributed by atoms with E-state index < -0.39 is 0 Å². The number of aromatic nitrogens is 3. The van der Waals surface area contributed by atoms with E-state index >= 15 is 0 Å². The van der Waals surface area contributed by atoms with Gasteiger partial charge in [0.1, 0.15) is 5.75 Å². The van der Waals surface area contributed by atoms with Crippen LogP contribution in [0, 0.1) is 6.92 Å². The number of fused-ring (bicyclic) bond motifs is 1. The zero-order chi connectivity index (χ0) is 22.0. The molecule has 0 aliphatic carbocycles. The van der Waals surface area contributed by atoms with E-state index in [0.29, 0.717) is 43.2 Å². The summed E-state index contributed by atoms with van der Waals surface area (Å²) in [7, 11) is 1.78. The molecular weight excluding hydrogens is 394 g/mol. The highest BCUT2D eigenvalue weighted by atomic mass is 16.5. The van der Waals surface area contributed by atoms with E-state index in [-0.39, 0.29) is 17.7 Å². The number of likely N-dealkylation sites (N-methyl/N-ethyl adjacent to an activating group) is 1. The molecule has 3 aromatic rings. The molecule has 31 heavy (non-hydrogen) atoms. The lowest BCUT2D eigenvalue weighted by Crippen LogP contribution is -2.45. The smallest absolute Gasteiger partial charge is 0.246 e. The summed E-state index contributed by atoms with van der Waals surface area (Å²) in [6, 6.07) is 9.03. The van der Waals surface area contributed by atoms with Gasteiger partial charge in [0.05, 0.1) is 24.9 Å². The van der Waals surface area contributed by atoms with Crippen LogP contribution in [0.3, 0.4) is 0 Å². The second-order valence-electron chi connectivity index (χ2n) is 7.85. The number of carbonyl (C=O) groups is 1. The fourth-order valence-corrected chi connectivity index (χ4v) is 3.93. The maximum Gasteiger partial charge on any atom is 0.246 e. The summed E-state index contributed by atoms with van der Waals surface area (Å²) >= 11 is 0. The van der Waals surface area contributed by atoms with Crippen LogP contribution in [0.25, 0.3) is 22.3 Å². The number of nitrogens with zero attached hydrogens (tertiary/aromatic N) is 4. The Morgan fingerprint density at radius 1 is 1.42 bits per heavy atom. The van der Waals surface area contributed by atoms with Crippen LogP contribution in [-0.4, -0.2) is 75.4 Å².